The number of aromatic amines is 1. The standard InChI is InChI=1S/C26H24FN3O3/c1-32-21-9-7-17(8-10-21)23-11-12-24(33-23)26(31)30-13-3-5-19(16-30)25-22(15-28-29-25)18-4-2-6-20(27)14-18/h2,4,6-12,14-15,19H,3,5,13,16H2,1H3,(H,28,29)/t19-/m1/s1. The molecule has 0 radical (unpaired) electrons. The molecular weight excluding hydrogens is 421 g/mol. The zero-order valence-corrected chi connectivity index (χ0v) is 18.3. The first kappa shape index (κ1) is 21.0. The highest BCUT2D eigenvalue weighted by Crippen LogP contribution is 2.34. The zero-order chi connectivity index (χ0) is 22.8. The number of halogens is 1. The van der Waals surface area contributed by atoms with Crippen LogP contribution in [0.1, 0.15) is 35.0 Å². The number of hydrogen-bond acceptors (Lipinski definition) is 4. The van der Waals surface area contributed by atoms with E-state index in [0.29, 0.717) is 24.6 Å². The van der Waals surface area contributed by atoms with Gasteiger partial charge < -0.3 is 14.1 Å². The van der Waals surface area contributed by atoms with E-state index in [2.05, 4.69) is 10.2 Å². The van der Waals surface area contributed by atoms with E-state index in [4.69, 9.17) is 9.15 Å². The van der Waals surface area contributed by atoms with E-state index < -0.39 is 0 Å². The summed E-state index contributed by atoms with van der Waals surface area (Å²) in [6.45, 7) is 1.21. The molecule has 1 saturated heterocycles. The van der Waals surface area contributed by atoms with Crippen LogP contribution in [0.5, 0.6) is 5.75 Å². The van der Waals surface area contributed by atoms with Crippen LogP contribution in [0.15, 0.2) is 71.3 Å². The highest BCUT2D eigenvalue weighted by atomic mass is 19.1. The second-order valence-corrected chi connectivity index (χ2v) is 8.19. The van der Waals surface area contributed by atoms with Crippen LogP contribution in [0.3, 0.4) is 0 Å². The van der Waals surface area contributed by atoms with Crippen LogP contribution in [0.4, 0.5) is 4.39 Å². The Kier molecular flexibility index (Phi) is 5.69. The highest BCUT2D eigenvalue weighted by molar-refractivity contribution is 5.92. The van der Waals surface area contributed by atoms with Crippen molar-refractivity contribution in [2.45, 2.75) is 18.8 Å². The Morgan fingerprint density at radius 1 is 1.15 bits per heavy atom. The molecular formula is C26H24FN3O3. The lowest BCUT2D eigenvalue weighted by Crippen LogP contribution is -2.39. The number of carbonyl (C=O) groups excluding carboxylic acids is 1. The molecule has 1 aliphatic rings. The molecule has 2 aromatic carbocycles. The summed E-state index contributed by atoms with van der Waals surface area (Å²) in [5.41, 5.74) is 3.45. The first-order chi connectivity index (χ1) is 16.1. The van der Waals surface area contributed by atoms with Gasteiger partial charge in [0.15, 0.2) is 5.76 Å². The Bertz CT molecular complexity index is 1260. The van der Waals surface area contributed by atoms with Gasteiger partial charge in [0.2, 0.25) is 0 Å². The molecule has 0 aliphatic carbocycles. The van der Waals surface area contributed by atoms with Gasteiger partial charge in [-0.15, -0.1) is 0 Å². The van der Waals surface area contributed by atoms with Crippen LogP contribution in [-0.4, -0.2) is 41.2 Å². The number of likely N-dealkylation sites (tertiary alicyclic amines) is 1. The quantitative estimate of drug-likeness (QED) is 0.440. The smallest absolute Gasteiger partial charge is 0.289 e. The van der Waals surface area contributed by atoms with Gasteiger partial charge in [0.25, 0.3) is 5.91 Å². The van der Waals surface area contributed by atoms with Crippen LogP contribution in [0.25, 0.3) is 22.5 Å². The SMILES string of the molecule is COc1ccc(-c2ccc(C(=O)N3CCC[C@@H](c4[nH]ncc4-c4cccc(F)c4)C3)o2)cc1. The molecule has 0 spiro atoms. The summed E-state index contributed by atoms with van der Waals surface area (Å²) in [4.78, 5) is 15.0. The van der Waals surface area contributed by atoms with Gasteiger partial charge in [-0.25, -0.2) is 4.39 Å². The molecule has 168 valence electrons. The molecule has 1 fully saturated rings. The minimum atomic E-state index is -0.286. The largest absolute Gasteiger partial charge is 0.497 e. The monoisotopic (exact) mass is 445 g/mol. The van der Waals surface area contributed by atoms with E-state index in [-0.39, 0.29) is 17.6 Å². The van der Waals surface area contributed by atoms with E-state index in [1.54, 1.807) is 25.4 Å². The number of furan rings is 1. The summed E-state index contributed by atoms with van der Waals surface area (Å²) in [5, 5.41) is 7.29. The number of piperidine rings is 1. The lowest BCUT2D eigenvalue weighted by Gasteiger charge is -2.32. The normalized spacial score (nSPS) is 16.1. The number of H-pyrrole nitrogens is 1. The number of nitrogens with one attached hydrogen (secondary N) is 1. The Balaban J connectivity index is 1.33. The number of benzene rings is 2. The number of nitrogens with zero attached hydrogens (tertiary/aromatic N) is 2. The summed E-state index contributed by atoms with van der Waals surface area (Å²) in [6.07, 6.45) is 3.51. The van der Waals surface area contributed by atoms with Gasteiger partial charge in [0.1, 0.15) is 17.3 Å². The lowest BCUT2D eigenvalue weighted by molar-refractivity contribution is 0.0674. The number of hydrogen-bond donors (Lipinski definition) is 1. The molecule has 1 amide bonds. The van der Waals surface area contributed by atoms with Crippen molar-refractivity contribution in [1.82, 2.24) is 15.1 Å². The summed E-state index contributed by atoms with van der Waals surface area (Å²) in [5.74, 6) is 1.38. The van der Waals surface area contributed by atoms with Crippen LogP contribution in [-0.2, 0) is 0 Å². The molecule has 1 N–H and O–H groups in total. The predicted octanol–water partition coefficient (Wildman–Crippen LogP) is 5.50. The van der Waals surface area contributed by atoms with Crippen LogP contribution < -0.4 is 4.74 Å². The maximum atomic E-state index is 13.8. The summed E-state index contributed by atoms with van der Waals surface area (Å²) in [7, 11) is 1.62. The van der Waals surface area contributed by atoms with Crippen molar-refractivity contribution in [2.24, 2.45) is 0 Å². The van der Waals surface area contributed by atoms with Gasteiger partial charge in [0.05, 0.1) is 13.3 Å². The Hall–Kier alpha value is -3.87. The number of methoxy groups -OCH3 is 1. The fourth-order valence-electron chi connectivity index (χ4n) is 4.41. The van der Waals surface area contributed by atoms with E-state index in [9.17, 15) is 9.18 Å². The van der Waals surface area contributed by atoms with Gasteiger partial charge in [-0.3, -0.25) is 9.89 Å². The average Bonchev–Trinajstić information content (AvgIpc) is 3.54. The second kappa shape index (κ2) is 8.94. The number of carbonyl (C=O) groups is 1. The van der Waals surface area contributed by atoms with E-state index in [1.165, 1.54) is 12.1 Å². The second-order valence-electron chi connectivity index (χ2n) is 8.19. The van der Waals surface area contributed by atoms with E-state index in [0.717, 1.165) is 41.0 Å². The van der Waals surface area contributed by atoms with Crippen molar-refractivity contribution in [3.8, 4) is 28.2 Å². The molecule has 0 bridgehead atoms. The van der Waals surface area contributed by atoms with Gasteiger partial charge >= 0.3 is 0 Å². The number of amides is 1. The molecule has 0 saturated carbocycles. The minimum absolute atomic E-state index is 0.0829. The first-order valence-corrected chi connectivity index (χ1v) is 10.9. The van der Waals surface area contributed by atoms with Crippen molar-refractivity contribution in [2.75, 3.05) is 20.2 Å². The third-order valence-electron chi connectivity index (χ3n) is 6.11. The third-order valence-corrected chi connectivity index (χ3v) is 6.11. The topological polar surface area (TPSA) is 71.4 Å². The van der Waals surface area contributed by atoms with Gasteiger partial charge in [-0.05, 0) is 66.9 Å². The number of ether oxygens (including phenoxy) is 1. The molecule has 2 aromatic heterocycles. The summed E-state index contributed by atoms with van der Waals surface area (Å²) >= 11 is 0. The van der Waals surface area contributed by atoms with Crippen molar-refractivity contribution < 1.29 is 18.3 Å². The molecule has 1 atom stereocenters. The molecule has 0 unspecified atom stereocenters. The fraction of sp³-hybridized carbons (Fsp3) is 0.231. The number of aromatic nitrogens is 2. The number of rotatable bonds is 5. The summed E-state index contributed by atoms with van der Waals surface area (Å²) < 4.78 is 24.8. The van der Waals surface area contributed by atoms with E-state index >= 15 is 0 Å². The minimum Gasteiger partial charge on any atom is -0.497 e. The van der Waals surface area contributed by atoms with E-state index in [1.807, 2.05) is 41.3 Å². The van der Waals surface area contributed by atoms with Crippen LogP contribution in [0, 0.1) is 5.82 Å². The van der Waals surface area contributed by atoms with Gasteiger partial charge in [-0.1, -0.05) is 12.1 Å². The van der Waals surface area contributed by atoms with Crippen molar-refractivity contribution in [1.29, 1.82) is 0 Å². The molecule has 3 heterocycles. The molecule has 4 aromatic rings. The maximum absolute atomic E-state index is 13.8. The van der Waals surface area contributed by atoms with Gasteiger partial charge in [0, 0.05) is 35.8 Å². The molecule has 5 rings (SSSR count). The van der Waals surface area contributed by atoms with Crippen molar-refractivity contribution in [3.63, 3.8) is 0 Å². The van der Waals surface area contributed by atoms with Crippen molar-refractivity contribution in [3.05, 3.63) is 84.1 Å². The maximum Gasteiger partial charge on any atom is 0.289 e. The first-order valence-electron chi connectivity index (χ1n) is 10.9. The van der Waals surface area contributed by atoms with Gasteiger partial charge in [-0.2, -0.15) is 5.10 Å². The zero-order valence-electron chi connectivity index (χ0n) is 18.3. The lowest BCUT2D eigenvalue weighted by atomic mass is 9.90. The molecule has 1 aliphatic heterocycles. The van der Waals surface area contributed by atoms with Crippen LogP contribution >= 0.6 is 0 Å². The van der Waals surface area contributed by atoms with Crippen LogP contribution in [0.2, 0.25) is 0 Å². The fourth-order valence-corrected chi connectivity index (χ4v) is 4.41. The molecule has 6 nitrogen and oxygen atoms in total. The predicted molar refractivity (Wildman–Crippen MR) is 123 cm³/mol. The summed E-state index contributed by atoms with van der Waals surface area (Å²) in [6, 6.07) is 17.5. The highest BCUT2D eigenvalue weighted by Gasteiger charge is 2.29. The Morgan fingerprint density at radius 2 is 2.00 bits per heavy atom. The van der Waals surface area contributed by atoms with Crippen molar-refractivity contribution >= 4 is 5.91 Å². The Morgan fingerprint density at radius 3 is 2.79 bits per heavy atom. The Labute approximate surface area is 191 Å². The average molecular weight is 445 g/mol. The molecule has 33 heavy (non-hydrogen) atoms. The molecule has 7 heteroatoms. The third kappa shape index (κ3) is 4.26.